The molecule has 24 heavy (non-hydrogen) atoms. The second-order valence-electron chi connectivity index (χ2n) is 5.58. The zero-order chi connectivity index (χ0) is 17.3. The van der Waals surface area contributed by atoms with Crippen LogP contribution in [0.3, 0.4) is 0 Å². The van der Waals surface area contributed by atoms with Gasteiger partial charge in [0.05, 0.1) is 23.9 Å². The van der Waals surface area contributed by atoms with Gasteiger partial charge in [-0.25, -0.2) is 4.98 Å². The molecule has 1 aliphatic rings. The van der Waals surface area contributed by atoms with Crippen molar-refractivity contribution in [3.8, 4) is 0 Å². The first-order valence-corrected chi connectivity index (χ1v) is 7.28. The van der Waals surface area contributed by atoms with Crippen LogP contribution in [-0.4, -0.2) is 38.5 Å². The van der Waals surface area contributed by atoms with Crippen molar-refractivity contribution in [3.05, 3.63) is 59.7 Å². The number of β-amino-alcohol motifs (C(OH)–C–C–N with tert-alkyl or cyclic N) is 1. The van der Waals surface area contributed by atoms with Gasteiger partial charge in [-0.1, -0.05) is 12.1 Å². The molecule has 126 valence electrons. The Hall–Kier alpha value is -2.48. The van der Waals surface area contributed by atoms with Gasteiger partial charge in [0.2, 0.25) is 0 Å². The number of aromatic nitrogens is 2. The van der Waals surface area contributed by atoms with E-state index in [-0.39, 0.29) is 18.7 Å². The second-order valence-corrected chi connectivity index (χ2v) is 5.58. The van der Waals surface area contributed by atoms with Gasteiger partial charge in [-0.05, 0) is 24.1 Å². The number of rotatable bonds is 2. The highest BCUT2D eigenvalue weighted by molar-refractivity contribution is 5.92. The molecule has 8 heteroatoms. The molecule has 1 aromatic heterocycles. The molecule has 5 nitrogen and oxygen atoms in total. The van der Waals surface area contributed by atoms with E-state index in [0.717, 1.165) is 12.1 Å². The number of carbonyl (C=O) groups excluding carboxylic acids is 1. The summed E-state index contributed by atoms with van der Waals surface area (Å²) < 4.78 is 38.7. The lowest BCUT2D eigenvalue weighted by Gasteiger charge is -2.25. The van der Waals surface area contributed by atoms with Crippen LogP contribution in [0, 0.1) is 0 Å². The van der Waals surface area contributed by atoms with Gasteiger partial charge in [-0.3, -0.25) is 9.78 Å². The van der Waals surface area contributed by atoms with E-state index in [2.05, 4.69) is 9.97 Å². The van der Waals surface area contributed by atoms with E-state index >= 15 is 0 Å². The van der Waals surface area contributed by atoms with Crippen molar-refractivity contribution in [1.82, 2.24) is 14.9 Å². The van der Waals surface area contributed by atoms with Crippen molar-refractivity contribution in [2.45, 2.75) is 24.7 Å². The molecule has 0 radical (unpaired) electrons. The average Bonchev–Trinajstić information content (AvgIpc) is 2.96. The van der Waals surface area contributed by atoms with Crippen molar-refractivity contribution in [2.75, 3.05) is 6.54 Å². The molecule has 1 aliphatic heterocycles. The summed E-state index contributed by atoms with van der Waals surface area (Å²) in [5.41, 5.74) is -0.365. The van der Waals surface area contributed by atoms with Crippen molar-refractivity contribution in [1.29, 1.82) is 0 Å². The maximum Gasteiger partial charge on any atom is 0.416 e. The summed E-state index contributed by atoms with van der Waals surface area (Å²) >= 11 is 0. The van der Waals surface area contributed by atoms with E-state index in [1.54, 1.807) is 0 Å². The fourth-order valence-electron chi connectivity index (χ4n) is 2.83. The maximum atomic E-state index is 12.9. The maximum absolute atomic E-state index is 12.9. The number of carbonyl (C=O) groups is 1. The van der Waals surface area contributed by atoms with Crippen LogP contribution in [0.1, 0.15) is 34.1 Å². The summed E-state index contributed by atoms with van der Waals surface area (Å²) in [4.78, 5) is 21.6. The molecule has 2 heterocycles. The quantitative estimate of drug-likeness (QED) is 0.914. The molecule has 0 bridgehead atoms. The predicted octanol–water partition coefficient (Wildman–Crippen LogP) is 2.44. The SMILES string of the molecule is O=C(c1cnccn1)N1C[C@@H](O)C[C@@H]1c1cccc(C(F)(F)F)c1. The molecule has 0 unspecified atom stereocenters. The molecule has 0 saturated carbocycles. The predicted molar refractivity (Wildman–Crippen MR) is 77.9 cm³/mol. The fraction of sp³-hybridized carbons (Fsp3) is 0.312. The van der Waals surface area contributed by atoms with Gasteiger partial charge in [-0.2, -0.15) is 13.2 Å². The first-order chi connectivity index (χ1) is 11.4. The fourth-order valence-corrected chi connectivity index (χ4v) is 2.83. The van der Waals surface area contributed by atoms with E-state index in [0.29, 0.717) is 5.56 Å². The summed E-state index contributed by atoms with van der Waals surface area (Å²) in [7, 11) is 0. The number of aliphatic hydroxyl groups is 1. The third-order valence-corrected chi connectivity index (χ3v) is 3.92. The highest BCUT2D eigenvalue weighted by atomic mass is 19.4. The van der Waals surface area contributed by atoms with Crippen LogP contribution >= 0.6 is 0 Å². The molecule has 0 spiro atoms. The summed E-state index contributed by atoms with van der Waals surface area (Å²) in [6.07, 6.45) is -1.03. The molecule has 2 aromatic rings. The zero-order valence-electron chi connectivity index (χ0n) is 12.4. The number of benzene rings is 1. The number of halogens is 3. The van der Waals surface area contributed by atoms with Crippen molar-refractivity contribution in [3.63, 3.8) is 0 Å². The Morgan fingerprint density at radius 1 is 1.29 bits per heavy atom. The van der Waals surface area contributed by atoms with Crippen LogP contribution < -0.4 is 0 Å². The molecule has 1 amide bonds. The van der Waals surface area contributed by atoms with E-state index < -0.39 is 29.8 Å². The lowest BCUT2D eigenvalue weighted by molar-refractivity contribution is -0.137. The van der Waals surface area contributed by atoms with Crippen molar-refractivity contribution >= 4 is 5.91 Å². The molecule has 0 aliphatic carbocycles. The Balaban J connectivity index is 1.93. The number of hydrogen-bond donors (Lipinski definition) is 1. The van der Waals surface area contributed by atoms with Gasteiger partial charge < -0.3 is 10.0 Å². The number of nitrogens with zero attached hydrogens (tertiary/aromatic N) is 3. The molecule has 1 aromatic carbocycles. The molecular formula is C16H14F3N3O2. The van der Waals surface area contributed by atoms with E-state index in [4.69, 9.17) is 0 Å². The first-order valence-electron chi connectivity index (χ1n) is 7.28. The number of likely N-dealkylation sites (tertiary alicyclic amines) is 1. The van der Waals surface area contributed by atoms with Crippen LogP contribution in [0.25, 0.3) is 0 Å². The minimum atomic E-state index is -4.47. The van der Waals surface area contributed by atoms with Gasteiger partial charge in [0.1, 0.15) is 5.69 Å². The topological polar surface area (TPSA) is 66.3 Å². The van der Waals surface area contributed by atoms with Crippen LogP contribution in [0.15, 0.2) is 42.9 Å². The smallest absolute Gasteiger partial charge is 0.391 e. The third-order valence-electron chi connectivity index (χ3n) is 3.92. The Morgan fingerprint density at radius 2 is 2.08 bits per heavy atom. The highest BCUT2D eigenvalue weighted by Crippen LogP contribution is 2.36. The van der Waals surface area contributed by atoms with Gasteiger partial charge in [-0.15, -0.1) is 0 Å². The Labute approximate surface area is 135 Å². The third kappa shape index (κ3) is 3.23. The average molecular weight is 337 g/mol. The highest BCUT2D eigenvalue weighted by Gasteiger charge is 2.38. The molecule has 2 atom stereocenters. The van der Waals surface area contributed by atoms with E-state index in [9.17, 15) is 23.1 Å². The number of alkyl halides is 3. The monoisotopic (exact) mass is 337 g/mol. The van der Waals surface area contributed by atoms with Crippen molar-refractivity contribution < 1.29 is 23.1 Å². The Bertz CT molecular complexity index is 737. The summed E-state index contributed by atoms with van der Waals surface area (Å²) in [5, 5.41) is 9.90. The summed E-state index contributed by atoms with van der Waals surface area (Å²) in [5.74, 6) is -0.470. The lowest BCUT2D eigenvalue weighted by Crippen LogP contribution is -2.32. The summed E-state index contributed by atoms with van der Waals surface area (Å²) in [6, 6.07) is 4.17. The standard InChI is InChI=1S/C16H14F3N3O2/c17-16(18,19)11-3-1-2-10(6-11)14-7-12(23)9-22(14)15(24)13-8-20-4-5-21-13/h1-6,8,12,14,23H,7,9H2/t12-,14+/m0/s1. The van der Waals surface area contributed by atoms with E-state index in [1.165, 1.54) is 35.6 Å². The van der Waals surface area contributed by atoms with Gasteiger partial charge in [0, 0.05) is 18.9 Å². The molecule has 1 fully saturated rings. The normalized spacial score (nSPS) is 21.1. The molecule has 3 rings (SSSR count). The Morgan fingerprint density at radius 3 is 2.75 bits per heavy atom. The van der Waals surface area contributed by atoms with E-state index in [1.807, 2.05) is 0 Å². The summed E-state index contributed by atoms with van der Waals surface area (Å²) in [6.45, 7) is 0.0380. The number of hydrogen-bond acceptors (Lipinski definition) is 4. The second kappa shape index (κ2) is 6.20. The van der Waals surface area contributed by atoms with Gasteiger partial charge >= 0.3 is 6.18 Å². The largest absolute Gasteiger partial charge is 0.416 e. The van der Waals surface area contributed by atoms with Crippen LogP contribution in [0.5, 0.6) is 0 Å². The number of amides is 1. The first kappa shape index (κ1) is 16.4. The Kier molecular flexibility index (Phi) is 4.23. The van der Waals surface area contributed by atoms with Crippen LogP contribution in [0.4, 0.5) is 13.2 Å². The minimum absolute atomic E-state index is 0.0380. The number of aliphatic hydroxyl groups excluding tert-OH is 1. The van der Waals surface area contributed by atoms with Crippen molar-refractivity contribution in [2.24, 2.45) is 0 Å². The van der Waals surface area contributed by atoms with Crippen LogP contribution in [-0.2, 0) is 6.18 Å². The van der Waals surface area contributed by atoms with Crippen LogP contribution in [0.2, 0.25) is 0 Å². The van der Waals surface area contributed by atoms with Gasteiger partial charge in [0.25, 0.3) is 5.91 Å². The lowest BCUT2D eigenvalue weighted by atomic mass is 10.0. The molecular weight excluding hydrogens is 323 g/mol. The van der Waals surface area contributed by atoms with Gasteiger partial charge in [0.15, 0.2) is 0 Å². The minimum Gasteiger partial charge on any atom is -0.391 e. The molecule has 1 saturated heterocycles. The molecule has 1 N–H and O–H groups in total. The zero-order valence-corrected chi connectivity index (χ0v) is 12.4.